The van der Waals surface area contributed by atoms with Gasteiger partial charge in [0.05, 0.1) is 16.1 Å². The molecule has 3 aliphatic rings. The summed E-state index contributed by atoms with van der Waals surface area (Å²) in [6, 6.07) is 21.8. The molecular formula is C49H56Cl4F3N7O7S3. The third-order valence-electron chi connectivity index (χ3n) is 12.9. The van der Waals surface area contributed by atoms with E-state index in [1.54, 1.807) is 6.07 Å². The Bertz CT molecular complexity index is 2830. The second-order valence-electron chi connectivity index (χ2n) is 18.9. The zero-order chi connectivity index (χ0) is 52.8. The summed E-state index contributed by atoms with van der Waals surface area (Å²) >= 11 is 24.7. The highest BCUT2D eigenvalue weighted by Gasteiger charge is 2.48. The summed E-state index contributed by atoms with van der Waals surface area (Å²) in [5, 5.41) is 3.65. The van der Waals surface area contributed by atoms with Crippen LogP contribution in [0.2, 0.25) is 5.02 Å². The summed E-state index contributed by atoms with van der Waals surface area (Å²) in [5.41, 5.74) is -2.27. The van der Waals surface area contributed by atoms with Gasteiger partial charge in [0.15, 0.2) is 0 Å². The molecule has 1 atom stereocenters. The Morgan fingerprint density at radius 2 is 1.53 bits per heavy atom. The predicted octanol–water partition coefficient (Wildman–Crippen LogP) is 10.0. The van der Waals surface area contributed by atoms with Gasteiger partial charge < -0.3 is 19.9 Å². The Balaban J connectivity index is 1.00. The molecule has 14 nitrogen and oxygen atoms in total. The van der Waals surface area contributed by atoms with Gasteiger partial charge in [-0.1, -0.05) is 96.2 Å². The Labute approximate surface area is 448 Å². The maximum absolute atomic E-state index is 14.3. The van der Waals surface area contributed by atoms with Gasteiger partial charge in [-0.15, -0.1) is 11.8 Å². The third-order valence-corrected chi connectivity index (χ3v) is 17.5. The van der Waals surface area contributed by atoms with Crippen molar-refractivity contribution in [1.82, 2.24) is 24.4 Å². The summed E-state index contributed by atoms with van der Waals surface area (Å²) in [4.78, 5) is 36.9. The van der Waals surface area contributed by atoms with Crippen molar-refractivity contribution in [1.29, 1.82) is 0 Å². The lowest BCUT2D eigenvalue weighted by atomic mass is 9.73. The molecule has 1 aromatic heterocycles. The molecule has 24 heteroatoms. The average Bonchev–Trinajstić information content (AvgIpc) is 3.34. The van der Waals surface area contributed by atoms with Crippen LogP contribution < -0.4 is 14.9 Å². The topological polar surface area (TPSA) is 162 Å². The van der Waals surface area contributed by atoms with Crippen molar-refractivity contribution in [2.75, 3.05) is 88.0 Å². The maximum atomic E-state index is 14.3. The standard InChI is InChI=1S/C49H56Cl4F3N7O7S3/c1-47(2)18-16-41(34-8-11-37(50)12-9-34)36(29-47)31-61-22-24-62(25-23-61)44-15-10-35(30-57-44)45(64)59-73(68,69)40-13-14-42(43(28-40)72(66,67)49(54,55)56)58-38(32-71-39-6-4-3-5-7-39)17-19-60-20-26-63(27-21-60)46(65)70-33-48(51,52)53/h3-15,28,30,38,58H,16-27,29,31-33H2,1-2H3,(H,59,64)/t38-/m1/s1. The number of thioether (sulfide) groups is 1. The number of anilines is 2. The molecule has 0 spiro atoms. The van der Waals surface area contributed by atoms with Crippen molar-refractivity contribution in [3.05, 3.63) is 113 Å². The molecular weight excluding hydrogens is 1090 g/mol. The lowest BCUT2D eigenvalue weighted by Crippen LogP contribution is -2.49. The number of allylic oxidation sites excluding steroid dienone is 1. The molecule has 396 valence electrons. The first-order valence-corrected chi connectivity index (χ1v) is 28.9. The van der Waals surface area contributed by atoms with Gasteiger partial charge in [-0.25, -0.2) is 31.3 Å². The molecule has 7 rings (SSSR count). The number of nitrogens with zero attached hydrogens (tertiary/aromatic N) is 5. The van der Waals surface area contributed by atoms with Crippen LogP contribution in [-0.2, 0) is 24.6 Å². The van der Waals surface area contributed by atoms with E-state index >= 15 is 0 Å². The van der Waals surface area contributed by atoms with Gasteiger partial charge >= 0.3 is 11.6 Å². The average molecular weight is 1150 g/mol. The maximum Gasteiger partial charge on any atom is 0.501 e. The number of ether oxygens (including phenoxy) is 1. The number of carbonyl (C=O) groups is 2. The summed E-state index contributed by atoms with van der Waals surface area (Å²) in [6.07, 6.45) is 3.93. The van der Waals surface area contributed by atoms with E-state index in [9.17, 15) is 39.6 Å². The van der Waals surface area contributed by atoms with Gasteiger partial charge in [-0.05, 0) is 96.8 Å². The van der Waals surface area contributed by atoms with Crippen LogP contribution in [0.3, 0.4) is 0 Å². The van der Waals surface area contributed by atoms with E-state index in [1.165, 1.54) is 45.6 Å². The van der Waals surface area contributed by atoms with E-state index in [0.717, 1.165) is 55.9 Å². The number of nitrogens with one attached hydrogen (secondary N) is 2. The van der Waals surface area contributed by atoms with Crippen molar-refractivity contribution >= 4 is 107 Å². The molecule has 0 radical (unpaired) electrons. The molecule has 0 bridgehead atoms. The number of rotatable bonds is 17. The smallest absolute Gasteiger partial charge is 0.445 e. The van der Waals surface area contributed by atoms with Crippen LogP contribution in [0, 0.1) is 5.41 Å². The Morgan fingerprint density at radius 1 is 0.863 bits per heavy atom. The van der Waals surface area contributed by atoms with Crippen molar-refractivity contribution in [2.24, 2.45) is 5.41 Å². The number of pyridine rings is 1. The summed E-state index contributed by atoms with van der Waals surface area (Å²) in [6.45, 7) is 9.59. The molecule has 4 aromatic rings. The molecule has 2 aliphatic heterocycles. The highest BCUT2D eigenvalue weighted by Crippen LogP contribution is 2.43. The number of sulfonamides is 1. The van der Waals surface area contributed by atoms with Crippen LogP contribution in [-0.4, -0.2) is 142 Å². The van der Waals surface area contributed by atoms with E-state index in [2.05, 4.69) is 46.1 Å². The number of aromatic nitrogens is 1. The van der Waals surface area contributed by atoms with Gasteiger partial charge in [0.2, 0.25) is 3.79 Å². The number of benzene rings is 3. The van der Waals surface area contributed by atoms with Crippen molar-refractivity contribution < 1.29 is 44.3 Å². The summed E-state index contributed by atoms with van der Waals surface area (Å²) in [7, 11) is -11.1. The Morgan fingerprint density at radius 3 is 2.16 bits per heavy atom. The van der Waals surface area contributed by atoms with E-state index in [0.29, 0.717) is 56.1 Å². The minimum atomic E-state index is -6.15. The molecule has 2 fully saturated rings. The number of amides is 2. The molecule has 1 aliphatic carbocycles. The van der Waals surface area contributed by atoms with Gasteiger partial charge in [0, 0.05) is 93.4 Å². The number of halogens is 7. The fourth-order valence-electron chi connectivity index (χ4n) is 8.91. The van der Waals surface area contributed by atoms with Gasteiger partial charge in [0.1, 0.15) is 17.3 Å². The zero-order valence-corrected chi connectivity index (χ0v) is 45.5. The summed E-state index contributed by atoms with van der Waals surface area (Å²) < 4.78 is 102. The van der Waals surface area contributed by atoms with Crippen LogP contribution in [0.25, 0.3) is 5.57 Å². The highest BCUT2D eigenvalue weighted by atomic mass is 35.6. The first kappa shape index (κ1) is 56.7. The molecule has 3 heterocycles. The fraction of sp³-hybridized carbons (Fsp3) is 0.449. The second-order valence-corrected chi connectivity index (χ2v) is 26.5. The van der Waals surface area contributed by atoms with Gasteiger partial charge in [-0.3, -0.25) is 14.6 Å². The zero-order valence-electron chi connectivity index (χ0n) is 40.0. The molecule has 3 aromatic carbocycles. The first-order valence-electron chi connectivity index (χ1n) is 23.4. The molecule has 2 saturated heterocycles. The largest absolute Gasteiger partial charge is 0.501 e. The second kappa shape index (κ2) is 23.9. The Hall–Kier alpha value is -3.99. The molecule has 2 N–H and O–H groups in total. The van der Waals surface area contributed by atoms with Crippen LogP contribution in [0.5, 0.6) is 0 Å². The first-order chi connectivity index (χ1) is 34.4. The van der Waals surface area contributed by atoms with Crippen LogP contribution in [0.1, 0.15) is 55.5 Å². The molecule has 0 saturated carbocycles. The quantitative estimate of drug-likeness (QED) is 0.0760. The minimum Gasteiger partial charge on any atom is -0.445 e. The number of hydrogen-bond donors (Lipinski definition) is 2. The van der Waals surface area contributed by atoms with Crippen LogP contribution in [0.4, 0.5) is 29.5 Å². The monoisotopic (exact) mass is 1150 g/mol. The van der Waals surface area contributed by atoms with Crippen LogP contribution in [0.15, 0.2) is 111 Å². The lowest BCUT2D eigenvalue weighted by Gasteiger charge is -2.39. The lowest BCUT2D eigenvalue weighted by molar-refractivity contribution is -0.0436. The van der Waals surface area contributed by atoms with Gasteiger partial charge in [0.25, 0.3) is 25.8 Å². The van der Waals surface area contributed by atoms with Crippen LogP contribution >= 0.6 is 58.2 Å². The molecule has 2 amide bonds. The van der Waals surface area contributed by atoms with E-state index < -0.39 is 69.3 Å². The van der Waals surface area contributed by atoms with Gasteiger partial charge in [-0.2, -0.15) is 13.2 Å². The van der Waals surface area contributed by atoms with Crippen molar-refractivity contribution in [3.8, 4) is 0 Å². The third kappa shape index (κ3) is 15.6. The number of alkyl halides is 6. The number of hydrogen-bond acceptors (Lipinski definition) is 13. The number of piperazine rings is 2. The van der Waals surface area contributed by atoms with Crippen molar-refractivity contribution in [2.45, 2.75) is 69.6 Å². The summed E-state index contributed by atoms with van der Waals surface area (Å²) in [5.74, 6) is -0.282. The highest BCUT2D eigenvalue weighted by molar-refractivity contribution is 7.99. The van der Waals surface area contributed by atoms with E-state index in [1.807, 2.05) is 52.1 Å². The Kier molecular flexibility index (Phi) is 18.6. The fourth-order valence-corrected chi connectivity index (χ4v) is 12.2. The number of sulfone groups is 1. The SMILES string of the molecule is CC1(C)CCC(c2ccc(Cl)cc2)=C(CN2CCN(c3ccc(C(=O)NS(=O)(=O)c4ccc(N[C@H](CCN5CCN(C(=O)OCC(Cl)(Cl)Cl)CC5)CSc5ccccc5)c(S(=O)(=O)C(F)(F)F)c4)cn3)CC2)C1. The van der Waals surface area contributed by atoms with Crippen molar-refractivity contribution in [3.63, 3.8) is 0 Å². The minimum absolute atomic E-state index is 0.144. The molecule has 0 unspecified atom stereocenters. The predicted molar refractivity (Wildman–Crippen MR) is 282 cm³/mol. The number of carbonyl (C=O) groups excluding carboxylic acids is 2. The van der Waals surface area contributed by atoms with E-state index in [4.69, 9.17) is 51.1 Å². The molecule has 73 heavy (non-hydrogen) atoms. The van der Waals surface area contributed by atoms with E-state index in [-0.39, 0.29) is 29.8 Å². The normalized spacial score (nSPS) is 17.8.